The highest BCUT2D eigenvalue weighted by atomic mass is 32.2. The summed E-state index contributed by atoms with van der Waals surface area (Å²) in [5.74, 6) is 0.0225. The van der Waals surface area contributed by atoms with E-state index in [-0.39, 0.29) is 22.8 Å². The molecule has 1 atom stereocenters. The summed E-state index contributed by atoms with van der Waals surface area (Å²) in [6.45, 7) is 3.86. The Morgan fingerprint density at radius 2 is 1.66 bits per heavy atom. The van der Waals surface area contributed by atoms with Gasteiger partial charge in [-0.2, -0.15) is 0 Å². The number of hydrogen-bond donors (Lipinski definition) is 1. The lowest BCUT2D eigenvalue weighted by Gasteiger charge is -2.13. The molecule has 0 aliphatic heterocycles. The summed E-state index contributed by atoms with van der Waals surface area (Å²) < 4.78 is 42.9. The molecule has 0 radical (unpaired) electrons. The Balaban J connectivity index is 1.60. The van der Waals surface area contributed by atoms with E-state index in [1.807, 2.05) is 6.92 Å². The van der Waals surface area contributed by atoms with Gasteiger partial charge in [-0.1, -0.05) is 0 Å². The molecular weight excluding hydrogens is 434 g/mol. The number of sulfonamides is 1. The van der Waals surface area contributed by atoms with Gasteiger partial charge < -0.3 is 13.9 Å². The Bertz CT molecular complexity index is 1150. The van der Waals surface area contributed by atoms with Gasteiger partial charge in [0.2, 0.25) is 15.8 Å². The van der Waals surface area contributed by atoms with Crippen LogP contribution < -0.4 is 9.46 Å². The Kier molecular flexibility index (Phi) is 7.45. The third-order valence-corrected chi connectivity index (χ3v) is 5.94. The topological polar surface area (TPSA) is 112 Å². The number of rotatable bonds is 10. The molecule has 0 bridgehead atoms. The average Bonchev–Trinajstić information content (AvgIpc) is 3.32. The molecule has 0 spiro atoms. The zero-order valence-electron chi connectivity index (χ0n) is 17.6. The Morgan fingerprint density at radius 3 is 2.25 bits per heavy atom. The van der Waals surface area contributed by atoms with Crippen LogP contribution in [0.1, 0.15) is 40.3 Å². The molecule has 0 aliphatic rings. The van der Waals surface area contributed by atoms with Crippen LogP contribution in [0.5, 0.6) is 5.75 Å². The van der Waals surface area contributed by atoms with E-state index in [1.54, 1.807) is 36.4 Å². The first kappa shape index (κ1) is 23.2. The smallest absolute Gasteiger partial charge is 0.338 e. The fourth-order valence-corrected chi connectivity index (χ4v) is 3.83. The van der Waals surface area contributed by atoms with Crippen LogP contribution in [0.25, 0.3) is 0 Å². The molecule has 1 heterocycles. The average molecular weight is 458 g/mol. The van der Waals surface area contributed by atoms with Gasteiger partial charge in [-0.3, -0.25) is 4.79 Å². The summed E-state index contributed by atoms with van der Waals surface area (Å²) >= 11 is 0. The first-order chi connectivity index (χ1) is 15.3. The van der Waals surface area contributed by atoms with Crippen molar-refractivity contribution in [2.45, 2.75) is 31.4 Å². The van der Waals surface area contributed by atoms with Crippen molar-refractivity contribution in [3.05, 3.63) is 83.8 Å². The van der Waals surface area contributed by atoms with Crippen LogP contribution in [0.3, 0.4) is 0 Å². The van der Waals surface area contributed by atoms with E-state index in [0.29, 0.717) is 23.7 Å². The van der Waals surface area contributed by atoms with Crippen LogP contribution >= 0.6 is 0 Å². The molecule has 9 heteroatoms. The normalized spacial score (nSPS) is 12.2. The molecule has 32 heavy (non-hydrogen) atoms. The van der Waals surface area contributed by atoms with Crippen LogP contribution in [0, 0.1) is 0 Å². The van der Waals surface area contributed by atoms with E-state index in [1.165, 1.54) is 37.5 Å². The minimum atomic E-state index is -3.79. The Morgan fingerprint density at radius 1 is 1.00 bits per heavy atom. The SMILES string of the molecule is CCOc1ccc(C(=O)[C@H](C)OC(=O)c2ccc(S(=O)(=O)NCc3ccco3)cc2)cc1. The predicted molar refractivity (Wildman–Crippen MR) is 116 cm³/mol. The highest BCUT2D eigenvalue weighted by Crippen LogP contribution is 2.16. The molecule has 168 valence electrons. The van der Waals surface area contributed by atoms with Crippen LogP contribution in [0.2, 0.25) is 0 Å². The minimum absolute atomic E-state index is 0.00427. The van der Waals surface area contributed by atoms with Gasteiger partial charge in [0, 0.05) is 5.56 Å². The molecular formula is C23H23NO7S. The maximum Gasteiger partial charge on any atom is 0.338 e. The van der Waals surface area contributed by atoms with Gasteiger partial charge in [0.15, 0.2) is 6.10 Å². The summed E-state index contributed by atoms with van der Waals surface area (Å²) in [4.78, 5) is 24.9. The van der Waals surface area contributed by atoms with Gasteiger partial charge >= 0.3 is 5.97 Å². The van der Waals surface area contributed by atoms with E-state index in [0.717, 1.165) is 0 Å². The Hall–Kier alpha value is -3.43. The zero-order valence-corrected chi connectivity index (χ0v) is 18.4. The third-order valence-electron chi connectivity index (χ3n) is 4.52. The van der Waals surface area contributed by atoms with E-state index in [4.69, 9.17) is 13.9 Å². The number of esters is 1. The first-order valence-corrected chi connectivity index (χ1v) is 11.4. The fourth-order valence-electron chi connectivity index (χ4n) is 2.83. The predicted octanol–water partition coefficient (Wildman–Crippen LogP) is 3.59. The van der Waals surface area contributed by atoms with Crippen LogP contribution in [0.4, 0.5) is 0 Å². The molecule has 0 amide bonds. The van der Waals surface area contributed by atoms with Crippen molar-refractivity contribution in [1.82, 2.24) is 4.72 Å². The number of benzene rings is 2. The highest BCUT2D eigenvalue weighted by molar-refractivity contribution is 7.89. The van der Waals surface area contributed by atoms with E-state index >= 15 is 0 Å². The van der Waals surface area contributed by atoms with Gasteiger partial charge in [-0.05, 0) is 74.5 Å². The van der Waals surface area contributed by atoms with Gasteiger partial charge in [0.05, 0.1) is 29.9 Å². The number of ketones is 1. The number of hydrogen-bond acceptors (Lipinski definition) is 7. The highest BCUT2D eigenvalue weighted by Gasteiger charge is 2.21. The maximum absolute atomic E-state index is 12.5. The van der Waals surface area contributed by atoms with Crippen molar-refractivity contribution in [1.29, 1.82) is 0 Å². The van der Waals surface area contributed by atoms with Gasteiger partial charge in [-0.25, -0.2) is 17.9 Å². The minimum Gasteiger partial charge on any atom is -0.494 e. The summed E-state index contributed by atoms with van der Waals surface area (Å²) in [5, 5.41) is 0. The number of nitrogens with one attached hydrogen (secondary N) is 1. The molecule has 3 aromatic rings. The maximum atomic E-state index is 12.5. The molecule has 0 fully saturated rings. The summed E-state index contributed by atoms with van der Waals surface area (Å²) in [6, 6.07) is 15.1. The quantitative estimate of drug-likeness (QED) is 0.366. The number of Topliss-reactive ketones (excluding diaryl/α,β-unsaturated/α-hetero) is 1. The molecule has 1 aromatic heterocycles. The summed E-state index contributed by atoms with van der Waals surface area (Å²) in [7, 11) is -3.79. The largest absolute Gasteiger partial charge is 0.494 e. The van der Waals surface area contributed by atoms with Crippen LogP contribution in [-0.4, -0.2) is 32.9 Å². The lowest BCUT2D eigenvalue weighted by molar-refractivity contribution is 0.0318. The molecule has 0 unspecified atom stereocenters. The number of carbonyl (C=O) groups is 2. The molecule has 0 saturated heterocycles. The first-order valence-electron chi connectivity index (χ1n) is 9.90. The second-order valence-corrected chi connectivity index (χ2v) is 8.56. The van der Waals surface area contributed by atoms with E-state index in [2.05, 4.69) is 4.72 Å². The van der Waals surface area contributed by atoms with Crippen molar-refractivity contribution in [3.63, 3.8) is 0 Å². The lowest BCUT2D eigenvalue weighted by Crippen LogP contribution is -2.25. The van der Waals surface area contributed by atoms with Gasteiger partial charge in [-0.15, -0.1) is 0 Å². The number of carbonyl (C=O) groups excluding carboxylic acids is 2. The molecule has 2 aromatic carbocycles. The third kappa shape index (κ3) is 5.83. The standard InChI is InChI=1S/C23H23NO7S/c1-3-29-19-10-6-17(7-11-19)22(25)16(2)31-23(26)18-8-12-21(13-9-18)32(27,28)24-15-20-5-4-14-30-20/h4-14,16,24H,3,15H2,1-2H3/t16-/m0/s1. The zero-order chi connectivity index (χ0) is 23.1. The van der Waals surface area contributed by atoms with Crippen molar-refractivity contribution >= 4 is 21.8 Å². The van der Waals surface area contributed by atoms with E-state index < -0.39 is 22.1 Å². The molecule has 1 N–H and O–H groups in total. The number of ether oxygens (including phenoxy) is 2. The summed E-state index contributed by atoms with van der Waals surface area (Å²) in [5.41, 5.74) is 0.513. The number of furan rings is 1. The molecule has 0 aliphatic carbocycles. The fraction of sp³-hybridized carbons (Fsp3) is 0.217. The Labute approximate surface area is 186 Å². The van der Waals surface area contributed by atoms with Crippen LogP contribution in [-0.2, 0) is 21.3 Å². The monoisotopic (exact) mass is 457 g/mol. The van der Waals surface area contributed by atoms with Crippen LogP contribution in [0.15, 0.2) is 76.2 Å². The van der Waals surface area contributed by atoms with Crippen molar-refractivity contribution in [2.24, 2.45) is 0 Å². The lowest BCUT2D eigenvalue weighted by atomic mass is 10.1. The van der Waals surface area contributed by atoms with Gasteiger partial charge in [0.25, 0.3) is 0 Å². The molecule has 3 rings (SSSR count). The van der Waals surface area contributed by atoms with Crippen molar-refractivity contribution in [3.8, 4) is 5.75 Å². The second-order valence-electron chi connectivity index (χ2n) is 6.80. The van der Waals surface area contributed by atoms with Crippen molar-refractivity contribution in [2.75, 3.05) is 6.61 Å². The van der Waals surface area contributed by atoms with E-state index in [9.17, 15) is 18.0 Å². The van der Waals surface area contributed by atoms with Gasteiger partial charge in [0.1, 0.15) is 11.5 Å². The summed E-state index contributed by atoms with van der Waals surface area (Å²) in [6.07, 6.45) is 0.435. The molecule has 8 nitrogen and oxygen atoms in total. The van der Waals surface area contributed by atoms with Crippen molar-refractivity contribution < 1.29 is 31.9 Å². The second kappa shape index (κ2) is 10.3. The molecule has 0 saturated carbocycles.